The average molecular weight is 329 g/mol. The van der Waals surface area contributed by atoms with E-state index in [0.29, 0.717) is 30.8 Å². The highest BCUT2D eigenvalue weighted by molar-refractivity contribution is 5.93. The number of benzene rings is 1. The van der Waals surface area contributed by atoms with Gasteiger partial charge in [0.2, 0.25) is 0 Å². The highest BCUT2D eigenvalue weighted by Gasteiger charge is 2.29. The molecule has 1 aliphatic rings. The van der Waals surface area contributed by atoms with Gasteiger partial charge in [0.05, 0.1) is 18.7 Å². The van der Waals surface area contributed by atoms with Crippen molar-refractivity contribution in [2.75, 3.05) is 20.2 Å². The maximum atomic E-state index is 12.6. The predicted molar refractivity (Wildman–Crippen MR) is 86.8 cm³/mol. The van der Waals surface area contributed by atoms with Crippen LogP contribution in [0.25, 0.3) is 11.3 Å². The molecule has 24 heavy (non-hydrogen) atoms. The Bertz CT molecular complexity index is 739. The van der Waals surface area contributed by atoms with E-state index in [4.69, 9.17) is 9.84 Å². The molecule has 1 amide bonds. The molecule has 1 fully saturated rings. The fourth-order valence-electron chi connectivity index (χ4n) is 2.87. The van der Waals surface area contributed by atoms with E-state index in [1.807, 2.05) is 24.3 Å². The first-order valence-corrected chi connectivity index (χ1v) is 7.80. The van der Waals surface area contributed by atoms with E-state index in [9.17, 15) is 9.59 Å². The number of amides is 1. The molecule has 2 aromatic rings. The lowest BCUT2D eigenvalue weighted by molar-refractivity contribution is -0.143. The molecule has 1 unspecified atom stereocenters. The van der Waals surface area contributed by atoms with Crippen molar-refractivity contribution in [3.8, 4) is 17.0 Å². The zero-order valence-corrected chi connectivity index (χ0v) is 13.4. The Morgan fingerprint density at radius 1 is 1.33 bits per heavy atom. The Kier molecular flexibility index (Phi) is 4.50. The largest absolute Gasteiger partial charge is 0.497 e. The fourth-order valence-corrected chi connectivity index (χ4v) is 2.87. The van der Waals surface area contributed by atoms with Gasteiger partial charge < -0.3 is 14.7 Å². The third-order valence-corrected chi connectivity index (χ3v) is 4.25. The summed E-state index contributed by atoms with van der Waals surface area (Å²) < 4.78 is 5.12. The monoisotopic (exact) mass is 329 g/mol. The second-order valence-corrected chi connectivity index (χ2v) is 5.82. The second-order valence-electron chi connectivity index (χ2n) is 5.82. The smallest absolute Gasteiger partial charge is 0.308 e. The van der Waals surface area contributed by atoms with Crippen LogP contribution in [0.4, 0.5) is 0 Å². The molecule has 0 aliphatic carbocycles. The second kappa shape index (κ2) is 6.74. The first kappa shape index (κ1) is 16.0. The van der Waals surface area contributed by atoms with Crippen LogP contribution >= 0.6 is 0 Å². The van der Waals surface area contributed by atoms with E-state index < -0.39 is 11.9 Å². The summed E-state index contributed by atoms with van der Waals surface area (Å²) in [6.07, 6.45) is 1.31. The molecule has 1 aliphatic heterocycles. The SMILES string of the molecule is COc1ccc(-c2cc(C(=O)N3CCCC(C(=O)O)C3)[nH]n2)cc1. The van der Waals surface area contributed by atoms with Gasteiger partial charge in [-0.2, -0.15) is 5.10 Å². The quantitative estimate of drug-likeness (QED) is 0.895. The van der Waals surface area contributed by atoms with Gasteiger partial charge in [0.25, 0.3) is 5.91 Å². The summed E-state index contributed by atoms with van der Waals surface area (Å²) >= 11 is 0. The van der Waals surface area contributed by atoms with Crippen molar-refractivity contribution < 1.29 is 19.4 Å². The number of aromatic amines is 1. The number of methoxy groups -OCH3 is 1. The van der Waals surface area contributed by atoms with Crippen LogP contribution < -0.4 is 4.74 Å². The van der Waals surface area contributed by atoms with Crippen LogP contribution in [0, 0.1) is 5.92 Å². The predicted octanol–water partition coefficient (Wildman–Crippen LogP) is 2.02. The van der Waals surface area contributed by atoms with Gasteiger partial charge in [-0.3, -0.25) is 14.7 Å². The first-order valence-electron chi connectivity index (χ1n) is 7.80. The molecule has 1 aromatic heterocycles. The van der Waals surface area contributed by atoms with Crippen molar-refractivity contribution in [2.24, 2.45) is 5.92 Å². The number of carboxylic acid groups (broad SMARTS) is 1. The Balaban J connectivity index is 1.74. The minimum atomic E-state index is -0.851. The van der Waals surface area contributed by atoms with Crippen LogP contribution in [-0.2, 0) is 4.79 Å². The molecule has 7 heteroatoms. The number of ether oxygens (including phenoxy) is 1. The molecule has 2 N–H and O–H groups in total. The molecule has 0 spiro atoms. The summed E-state index contributed by atoms with van der Waals surface area (Å²) in [5, 5.41) is 16.1. The molecular weight excluding hydrogens is 310 g/mol. The summed E-state index contributed by atoms with van der Waals surface area (Å²) in [6.45, 7) is 0.810. The molecule has 1 saturated heterocycles. The Morgan fingerprint density at radius 2 is 2.08 bits per heavy atom. The maximum Gasteiger partial charge on any atom is 0.308 e. The fraction of sp³-hybridized carbons (Fsp3) is 0.353. The number of nitrogens with zero attached hydrogens (tertiary/aromatic N) is 2. The highest BCUT2D eigenvalue weighted by Crippen LogP contribution is 2.23. The minimum Gasteiger partial charge on any atom is -0.497 e. The number of piperidine rings is 1. The van der Waals surface area contributed by atoms with Crippen molar-refractivity contribution in [1.82, 2.24) is 15.1 Å². The summed E-state index contributed by atoms with van der Waals surface area (Å²) in [5.74, 6) is -0.811. The van der Waals surface area contributed by atoms with Crippen LogP contribution in [0.1, 0.15) is 23.3 Å². The average Bonchev–Trinajstić information content (AvgIpc) is 3.11. The van der Waals surface area contributed by atoms with Gasteiger partial charge in [0, 0.05) is 18.7 Å². The third kappa shape index (κ3) is 3.24. The minimum absolute atomic E-state index is 0.215. The van der Waals surface area contributed by atoms with Crippen LogP contribution in [-0.4, -0.2) is 52.3 Å². The number of nitrogens with one attached hydrogen (secondary N) is 1. The van der Waals surface area contributed by atoms with Gasteiger partial charge in [-0.15, -0.1) is 0 Å². The lowest BCUT2D eigenvalue weighted by Crippen LogP contribution is -2.42. The standard InChI is InChI=1S/C17H19N3O4/c1-24-13-6-4-11(5-7-13)14-9-15(19-18-14)16(21)20-8-2-3-12(10-20)17(22)23/h4-7,9,12H,2-3,8,10H2,1H3,(H,18,19)(H,22,23). The highest BCUT2D eigenvalue weighted by atomic mass is 16.5. The molecular formula is C17H19N3O4. The molecule has 1 atom stereocenters. The molecule has 7 nitrogen and oxygen atoms in total. The van der Waals surface area contributed by atoms with E-state index >= 15 is 0 Å². The Labute approximate surface area is 139 Å². The lowest BCUT2D eigenvalue weighted by Gasteiger charge is -2.30. The number of aromatic nitrogens is 2. The maximum absolute atomic E-state index is 12.6. The third-order valence-electron chi connectivity index (χ3n) is 4.25. The number of hydrogen-bond donors (Lipinski definition) is 2. The Morgan fingerprint density at radius 3 is 2.75 bits per heavy atom. The number of rotatable bonds is 4. The summed E-state index contributed by atoms with van der Waals surface area (Å²) in [7, 11) is 1.60. The molecule has 3 rings (SSSR count). The summed E-state index contributed by atoms with van der Waals surface area (Å²) in [6, 6.07) is 9.07. The van der Waals surface area contributed by atoms with Crippen molar-refractivity contribution >= 4 is 11.9 Å². The topological polar surface area (TPSA) is 95.5 Å². The van der Waals surface area contributed by atoms with Gasteiger partial charge in [-0.05, 0) is 43.2 Å². The van der Waals surface area contributed by atoms with Crippen molar-refractivity contribution in [1.29, 1.82) is 0 Å². The van der Waals surface area contributed by atoms with Crippen molar-refractivity contribution in [3.05, 3.63) is 36.0 Å². The summed E-state index contributed by atoms with van der Waals surface area (Å²) in [4.78, 5) is 25.3. The van der Waals surface area contributed by atoms with Crippen molar-refractivity contribution in [3.63, 3.8) is 0 Å². The number of aliphatic carboxylic acids is 1. The Hall–Kier alpha value is -2.83. The zero-order chi connectivity index (χ0) is 17.1. The summed E-state index contributed by atoms with van der Waals surface area (Å²) in [5.41, 5.74) is 1.90. The van der Waals surface area contributed by atoms with Gasteiger partial charge in [0.15, 0.2) is 0 Å². The van der Waals surface area contributed by atoms with Crippen LogP contribution in [0.5, 0.6) is 5.75 Å². The number of carbonyl (C=O) groups excluding carboxylic acids is 1. The van der Waals surface area contributed by atoms with Gasteiger partial charge in [0.1, 0.15) is 11.4 Å². The molecule has 0 radical (unpaired) electrons. The lowest BCUT2D eigenvalue weighted by atomic mass is 9.98. The number of carbonyl (C=O) groups is 2. The van der Waals surface area contributed by atoms with E-state index in [-0.39, 0.29) is 12.5 Å². The first-order chi connectivity index (χ1) is 11.6. The van der Waals surface area contributed by atoms with Crippen LogP contribution in [0.15, 0.2) is 30.3 Å². The molecule has 0 bridgehead atoms. The number of likely N-dealkylation sites (tertiary alicyclic amines) is 1. The normalized spacial score (nSPS) is 17.5. The van der Waals surface area contributed by atoms with Crippen molar-refractivity contribution in [2.45, 2.75) is 12.8 Å². The van der Waals surface area contributed by atoms with Crippen LogP contribution in [0.2, 0.25) is 0 Å². The van der Waals surface area contributed by atoms with Crippen LogP contribution in [0.3, 0.4) is 0 Å². The molecule has 126 valence electrons. The van der Waals surface area contributed by atoms with Gasteiger partial charge in [-0.25, -0.2) is 0 Å². The molecule has 1 aromatic carbocycles. The number of carboxylic acids is 1. The number of hydrogen-bond acceptors (Lipinski definition) is 4. The van der Waals surface area contributed by atoms with Gasteiger partial charge in [-0.1, -0.05) is 0 Å². The van der Waals surface area contributed by atoms with E-state index in [1.54, 1.807) is 18.1 Å². The van der Waals surface area contributed by atoms with E-state index in [1.165, 1.54) is 0 Å². The molecule has 0 saturated carbocycles. The van der Waals surface area contributed by atoms with E-state index in [0.717, 1.165) is 11.3 Å². The zero-order valence-electron chi connectivity index (χ0n) is 13.4. The van der Waals surface area contributed by atoms with Gasteiger partial charge >= 0.3 is 5.97 Å². The van der Waals surface area contributed by atoms with E-state index in [2.05, 4.69) is 10.2 Å². The number of H-pyrrole nitrogens is 1. The molecule has 2 heterocycles.